The molecule has 0 fully saturated rings. The van der Waals surface area contributed by atoms with Crippen molar-refractivity contribution in [2.24, 2.45) is 11.0 Å². The van der Waals surface area contributed by atoms with Gasteiger partial charge in [-0.1, -0.05) is 5.11 Å². The maximum Gasteiger partial charge on any atom is 0.307 e. The summed E-state index contributed by atoms with van der Waals surface area (Å²) in [5, 5.41) is 12.1. The second-order valence-electron chi connectivity index (χ2n) is 4.57. The highest BCUT2D eigenvalue weighted by Gasteiger charge is 2.24. The average Bonchev–Trinajstić information content (AvgIpc) is 2.13. The van der Waals surface area contributed by atoms with Crippen LogP contribution in [0.3, 0.4) is 0 Å². The fraction of sp³-hybridized carbons (Fsp3) is 0.800. The number of ether oxygens (including phenoxy) is 1. The van der Waals surface area contributed by atoms with Crippen LogP contribution in [0, 0.1) is 5.92 Å². The standard InChI is InChI=1S/C10H17N3O4/c1-10(2,3)17-8(14)6-7(9(15)16)4-5-12-13-11/h7H,4-6H2,1-3H3,(H,15,16)/t7-/m1/s1. The van der Waals surface area contributed by atoms with Gasteiger partial charge in [0.15, 0.2) is 0 Å². The first-order valence-corrected chi connectivity index (χ1v) is 5.22. The van der Waals surface area contributed by atoms with E-state index in [-0.39, 0.29) is 19.4 Å². The highest BCUT2D eigenvalue weighted by Crippen LogP contribution is 2.14. The molecule has 0 aromatic heterocycles. The number of nitrogens with zero attached hydrogens (tertiary/aromatic N) is 3. The van der Waals surface area contributed by atoms with Crippen LogP contribution in [0.4, 0.5) is 0 Å². The van der Waals surface area contributed by atoms with E-state index in [2.05, 4.69) is 10.0 Å². The Hall–Kier alpha value is -1.75. The predicted molar refractivity (Wildman–Crippen MR) is 60.2 cm³/mol. The summed E-state index contributed by atoms with van der Waals surface area (Å²) >= 11 is 0. The molecule has 1 N–H and O–H groups in total. The maximum atomic E-state index is 11.4. The van der Waals surface area contributed by atoms with Crippen LogP contribution in [0.5, 0.6) is 0 Å². The summed E-state index contributed by atoms with van der Waals surface area (Å²) in [6.45, 7) is 5.18. The second kappa shape index (κ2) is 6.75. The van der Waals surface area contributed by atoms with Crippen molar-refractivity contribution in [1.29, 1.82) is 0 Å². The molecule has 0 aliphatic carbocycles. The number of carbonyl (C=O) groups is 2. The first-order chi connectivity index (χ1) is 7.76. The fourth-order valence-electron chi connectivity index (χ4n) is 1.16. The van der Waals surface area contributed by atoms with Crippen LogP contribution >= 0.6 is 0 Å². The fourth-order valence-corrected chi connectivity index (χ4v) is 1.16. The average molecular weight is 243 g/mol. The highest BCUT2D eigenvalue weighted by atomic mass is 16.6. The largest absolute Gasteiger partial charge is 0.481 e. The number of aliphatic carboxylic acids is 1. The van der Waals surface area contributed by atoms with E-state index >= 15 is 0 Å². The summed E-state index contributed by atoms with van der Waals surface area (Å²) < 4.78 is 5.02. The van der Waals surface area contributed by atoms with Crippen molar-refractivity contribution in [1.82, 2.24) is 0 Å². The molecule has 0 aliphatic rings. The van der Waals surface area contributed by atoms with Crippen molar-refractivity contribution >= 4 is 11.9 Å². The lowest BCUT2D eigenvalue weighted by Gasteiger charge is -2.20. The molecule has 0 aromatic rings. The quantitative estimate of drug-likeness (QED) is 0.333. The van der Waals surface area contributed by atoms with Gasteiger partial charge in [-0.25, -0.2) is 0 Å². The molecule has 0 aliphatic heterocycles. The van der Waals surface area contributed by atoms with Gasteiger partial charge in [-0.3, -0.25) is 9.59 Å². The summed E-state index contributed by atoms with van der Waals surface area (Å²) in [7, 11) is 0. The van der Waals surface area contributed by atoms with Gasteiger partial charge in [0, 0.05) is 11.5 Å². The van der Waals surface area contributed by atoms with Crippen LogP contribution in [-0.2, 0) is 14.3 Å². The monoisotopic (exact) mass is 243 g/mol. The first-order valence-electron chi connectivity index (χ1n) is 5.22. The van der Waals surface area contributed by atoms with E-state index in [4.69, 9.17) is 15.4 Å². The van der Waals surface area contributed by atoms with Gasteiger partial charge in [-0.05, 0) is 32.7 Å². The minimum absolute atomic E-state index is 0.0518. The molecule has 0 spiro atoms. The smallest absolute Gasteiger partial charge is 0.307 e. The van der Waals surface area contributed by atoms with E-state index < -0.39 is 23.5 Å². The van der Waals surface area contributed by atoms with Gasteiger partial charge in [0.2, 0.25) is 0 Å². The Morgan fingerprint density at radius 3 is 2.47 bits per heavy atom. The predicted octanol–water partition coefficient (Wildman–Crippen LogP) is 2.12. The van der Waals surface area contributed by atoms with Crippen LogP contribution < -0.4 is 0 Å². The molecule has 7 heteroatoms. The van der Waals surface area contributed by atoms with Crippen LogP contribution in [0.25, 0.3) is 10.4 Å². The van der Waals surface area contributed by atoms with E-state index in [0.29, 0.717) is 0 Å². The minimum Gasteiger partial charge on any atom is -0.481 e. The van der Waals surface area contributed by atoms with Crippen molar-refractivity contribution in [2.75, 3.05) is 6.54 Å². The van der Waals surface area contributed by atoms with Crippen molar-refractivity contribution in [2.45, 2.75) is 39.2 Å². The van der Waals surface area contributed by atoms with E-state index in [1.807, 2.05) is 0 Å². The molecule has 7 nitrogen and oxygen atoms in total. The Labute approximate surface area is 99.4 Å². The third-order valence-electron chi connectivity index (χ3n) is 1.82. The first kappa shape index (κ1) is 15.2. The van der Waals surface area contributed by atoms with E-state index in [1.54, 1.807) is 20.8 Å². The lowest BCUT2D eigenvalue weighted by atomic mass is 10.0. The number of hydrogen-bond acceptors (Lipinski definition) is 4. The summed E-state index contributed by atoms with van der Waals surface area (Å²) in [6, 6.07) is 0. The molecule has 96 valence electrons. The Morgan fingerprint density at radius 1 is 1.47 bits per heavy atom. The SMILES string of the molecule is CC(C)(C)OC(=O)C[C@@H](CCN=[N+]=[N-])C(=O)O. The lowest BCUT2D eigenvalue weighted by molar-refractivity contribution is -0.159. The third-order valence-corrected chi connectivity index (χ3v) is 1.82. The van der Waals surface area contributed by atoms with Gasteiger partial charge in [-0.2, -0.15) is 0 Å². The number of esters is 1. The van der Waals surface area contributed by atoms with Crippen LogP contribution in [-0.4, -0.2) is 29.2 Å². The number of carboxylic acids is 1. The van der Waals surface area contributed by atoms with Crippen molar-refractivity contribution in [3.05, 3.63) is 10.4 Å². The van der Waals surface area contributed by atoms with Crippen LogP contribution in [0.2, 0.25) is 0 Å². The second-order valence-corrected chi connectivity index (χ2v) is 4.57. The van der Waals surface area contributed by atoms with Crippen molar-refractivity contribution in [3.63, 3.8) is 0 Å². The zero-order valence-corrected chi connectivity index (χ0v) is 10.2. The molecule has 0 radical (unpaired) electrons. The molecule has 0 heterocycles. The van der Waals surface area contributed by atoms with Gasteiger partial charge in [0.1, 0.15) is 5.60 Å². The van der Waals surface area contributed by atoms with E-state index in [9.17, 15) is 9.59 Å². The normalized spacial score (nSPS) is 12.4. The summed E-state index contributed by atoms with van der Waals surface area (Å²) in [5.41, 5.74) is 7.44. The van der Waals surface area contributed by atoms with Crippen molar-refractivity contribution < 1.29 is 19.4 Å². The van der Waals surface area contributed by atoms with Crippen LogP contribution in [0.1, 0.15) is 33.6 Å². The van der Waals surface area contributed by atoms with E-state index in [0.717, 1.165) is 0 Å². The molecular formula is C10H17N3O4. The number of rotatable bonds is 6. The van der Waals surface area contributed by atoms with Gasteiger partial charge in [-0.15, -0.1) is 0 Å². The zero-order chi connectivity index (χ0) is 13.5. The van der Waals surface area contributed by atoms with Crippen LogP contribution in [0.15, 0.2) is 5.11 Å². The van der Waals surface area contributed by atoms with Gasteiger partial charge in [0.05, 0.1) is 12.3 Å². The Balaban J connectivity index is 4.30. The molecule has 0 bridgehead atoms. The van der Waals surface area contributed by atoms with E-state index in [1.165, 1.54) is 0 Å². The summed E-state index contributed by atoms with van der Waals surface area (Å²) in [5.74, 6) is -2.54. The molecule has 0 saturated heterocycles. The highest BCUT2D eigenvalue weighted by molar-refractivity contribution is 5.78. The lowest BCUT2D eigenvalue weighted by Crippen LogP contribution is -2.27. The Bertz CT molecular complexity index is 329. The number of carbonyl (C=O) groups excluding carboxylic acids is 1. The minimum atomic E-state index is -1.09. The molecule has 0 saturated carbocycles. The summed E-state index contributed by atoms with van der Waals surface area (Å²) in [6.07, 6.45) is -0.0911. The number of hydrogen-bond donors (Lipinski definition) is 1. The van der Waals surface area contributed by atoms with Gasteiger partial charge in [0.25, 0.3) is 0 Å². The number of carboxylic acid groups (broad SMARTS) is 1. The molecule has 17 heavy (non-hydrogen) atoms. The van der Waals surface area contributed by atoms with Gasteiger partial charge >= 0.3 is 11.9 Å². The van der Waals surface area contributed by atoms with Gasteiger partial charge < -0.3 is 9.84 Å². The Morgan fingerprint density at radius 2 is 2.06 bits per heavy atom. The molecule has 0 aromatic carbocycles. The molecule has 0 unspecified atom stereocenters. The molecule has 0 rings (SSSR count). The maximum absolute atomic E-state index is 11.4. The van der Waals surface area contributed by atoms with Crippen molar-refractivity contribution in [3.8, 4) is 0 Å². The molecule has 1 atom stereocenters. The summed E-state index contributed by atoms with van der Waals surface area (Å²) in [4.78, 5) is 24.8. The topological polar surface area (TPSA) is 112 Å². The molecular weight excluding hydrogens is 226 g/mol. The third kappa shape index (κ3) is 8.10. The molecule has 0 amide bonds. The zero-order valence-electron chi connectivity index (χ0n) is 10.2. The Kier molecular flexibility index (Phi) is 6.06. The number of azide groups is 1.